The van der Waals surface area contributed by atoms with Crippen molar-refractivity contribution in [2.24, 2.45) is 5.92 Å². The van der Waals surface area contributed by atoms with Gasteiger partial charge in [0.25, 0.3) is 0 Å². The number of aromatic nitrogens is 1. The molecule has 1 aromatic heterocycles. The van der Waals surface area contributed by atoms with Gasteiger partial charge in [0.05, 0.1) is 4.47 Å². The zero-order valence-corrected chi connectivity index (χ0v) is 12.3. The molecule has 2 nitrogen and oxygen atoms in total. The highest BCUT2D eigenvalue weighted by Gasteiger charge is 2.20. The molecule has 1 N–H and O–H groups in total. The molecule has 3 heteroatoms. The first-order valence-electron chi connectivity index (χ1n) is 6.56. The minimum absolute atomic E-state index is 0.572. The molecule has 2 unspecified atom stereocenters. The lowest BCUT2D eigenvalue weighted by Crippen LogP contribution is -2.26. The molecule has 1 fully saturated rings. The maximum Gasteiger partial charge on any atom is 0.140 e. The molecule has 17 heavy (non-hydrogen) atoms. The molecular formula is C14H21BrN2. The van der Waals surface area contributed by atoms with Crippen LogP contribution in [0.5, 0.6) is 0 Å². The molecule has 1 aliphatic carbocycles. The van der Waals surface area contributed by atoms with E-state index in [1.807, 2.05) is 12.3 Å². The fourth-order valence-corrected chi connectivity index (χ4v) is 2.87. The number of rotatable bonds is 2. The zero-order chi connectivity index (χ0) is 12.3. The molecule has 0 aliphatic heterocycles. The molecule has 1 aliphatic rings. The summed E-state index contributed by atoms with van der Waals surface area (Å²) in [6.07, 6.45) is 8.58. The van der Waals surface area contributed by atoms with Crippen LogP contribution in [0.2, 0.25) is 0 Å². The average molecular weight is 297 g/mol. The van der Waals surface area contributed by atoms with E-state index in [4.69, 9.17) is 0 Å². The highest BCUT2D eigenvalue weighted by atomic mass is 79.9. The van der Waals surface area contributed by atoms with Gasteiger partial charge in [-0.1, -0.05) is 26.2 Å². The van der Waals surface area contributed by atoms with Gasteiger partial charge in [-0.3, -0.25) is 0 Å². The van der Waals surface area contributed by atoms with Crippen LogP contribution in [0.1, 0.15) is 44.6 Å². The lowest BCUT2D eigenvalue weighted by Gasteiger charge is -2.24. The molecule has 0 radical (unpaired) electrons. The van der Waals surface area contributed by atoms with Crippen molar-refractivity contribution in [3.63, 3.8) is 0 Å². The predicted octanol–water partition coefficient (Wildman–Crippen LogP) is 4.53. The highest BCUT2D eigenvalue weighted by Crippen LogP contribution is 2.29. The molecule has 1 aromatic rings. The van der Waals surface area contributed by atoms with Crippen molar-refractivity contribution in [3.05, 3.63) is 22.3 Å². The van der Waals surface area contributed by atoms with Gasteiger partial charge < -0.3 is 5.32 Å². The Hall–Kier alpha value is -0.570. The molecule has 94 valence electrons. The number of nitrogens with one attached hydrogen (secondary N) is 1. The third kappa shape index (κ3) is 3.21. The van der Waals surface area contributed by atoms with Gasteiger partial charge in [-0.2, -0.15) is 0 Å². The van der Waals surface area contributed by atoms with Crippen molar-refractivity contribution < 1.29 is 0 Å². The van der Waals surface area contributed by atoms with E-state index in [2.05, 4.69) is 40.1 Å². The van der Waals surface area contributed by atoms with E-state index in [0.717, 1.165) is 16.2 Å². The summed E-state index contributed by atoms with van der Waals surface area (Å²) in [7, 11) is 0. The third-order valence-corrected chi connectivity index (χ3v) is 4.77. The largest absolute Gasteiger partial charge is 0.366 e. The Morgan fingerprint density at radius 2 is 2.06 bits per heavy atom. The van der Waals surface area contributed by atoms with Gasteiger partial charge in [-0.25, -0.2) is 4.98 Å². The second kappa shape index (κ2) is 5.85. The smallest absolute Gasteiger partial charge is 0.140 e. The van der Waals surface area contributed by atoms with E-state index >= 15 is 0 Å². The molecule has 2 rings (SSSR count). The van der Waals surface area contributed by atoms with Crippen LogP contribution in [-0.4, -0.2) is 11.0 Å². The number of aryl methyl sites for hydroxylation is 1. The summed E-state index contributed by atoms with van der Waals surface area (Å²) < 4.78 is 1.11. The van der Waals surface area contributed by atoms with E-state index in [9.17, 15) is 0 Å². The first-order chi connectivity index (χ1) is 8.18. The van der Waals surface area contributed by atoms with Crippen molar-refractivity contribution >= 4 is 21.7 Å². The van der Waals surface area contributed by atoms with Gasteiger partial charge in [0, 0.05) is 12.2 Å². The minimum Gasteiger partial charge on any atom is -0.366 e. The standard InChI is InChI=1S/C14H21BrN2/c1-10-6-4-3-5-7-12(10)17-14-13(15)11(2)8-9-16-14/h8-10,12H,3-7H2,1-2H3,(H,16,17). The van der Waals surface area contributed by atoms with Crippen molar-refractivity contribution in [1.29, 1.82) is 0 Å². The summed E-state index contributed by atoms with van der Waals surface area (Å²) in [4.78, 5) is 4.44. The minimum atomic E-state index is 0.572. The van der Waals surface area contributed by atoms with Crippen LogP contribution in [0, 0.1) is 12.8 Å². The monoisotopic (exact) mass is 296 g/mol. The molecule has 1 heterocycles. The summed E-state index contributed by atoms with van der Waals surface area (Å²) in [5.74, 6) is 1.75. The Kier molecular flexibility index (Phi) is 4.43. The van der Waals surface area contributed by atoms with Crippen LogP contribution in [-0.2, 0) is 0 Å². The maximum atomic E-state index is 4.44. The number of nitrogens with zero attached hydrogens (tertiary/aromatic N) is 1. The van der Waals surface area contributed by atoms with Crippen LogP contribution in [0.3, 0.4) is 0 Å². The maximum absolute atomic E-state index is 4.44. The van der Waals surface area contributed by atoms with Gasteiger partial charge in [0.2, 0.25) is 0 Å². The van der Waals surface area contributed by atoms with E-state index in [-0.39, 0.29) is 0 Å². The SMILES string of the molecule is Cc1ccnc(NC2CCCCCC2C)c1Br. The van der Waals surface area contributed by atoms with Gasteiger partial charge in [0.15, 0.2) is 0 Å². The molecule has 0 saturated heterocycles. The number of hydrogen-bond acceptors (Lipinski definition) is 2. The Morgan fingerprint density at radius 1 is 1.29 bits per heavy atom. The highest BCUT2D eigenvalue weighted by molar-refractivity contribution is 9.10. The Bertz CT molecular complexity index is 378. The fraction of sp³-hybridized carbons (Fsp3) is 0.643. The summed E-state index contributed by atoms with van der Waals surface area (Å²) in [6.45, 7) is 4.46. The third-order valence-electron chi connectivity index (χ3n) is 3.77. The quantitative estimate of drug-likeness (QED) is 0.811. The van der Waals surface area contributed by atoms with Gasteiger partial charge >= 0.3 is 0 Å². The molecule has 0 aromatic carbocycles. The molecule has 2 atom stereocenters. The van der Waals surface area contributed by atoms with Crippen molar-refractivity contribution in [2.75, 3.05) is 5.32 Å². The summed E-state index contributed by atoms with van der Waals surface area (Å²) in [5.41, 5.74) is 1.24. The molecule has 0 spiro atoms. The summed E-state index contributed by atoms with van der Waals surface area (Å²) in [6, 6.07) is 2.61. The molecule has 0 amide bonds. The van der Waals surface area contributed by atoms with E-state index in [1.165, 1.54) is 37.7 Å². The van der Waals surface area contributed by atoms with Crippen LogP contribution in [0.15, 0.2) is 16.7 Å². The number of hydrogen-bond donors (Lipinski definition) is 1. The van der Waals surface area contributed by atoms with E-state index in [1.54, 1.807) is 0 Å². The van der Waals surface area contributed by atoms with E-state index in [0.29, 0.717) is 6.04 Å². The lowest BCUT2D eigenvalue weighted by atomic mass is 9.97. The first-order valence-corrected chi connectivity index (χ1v) is 7.35. The topological polar surface area (TPSA) is 24.9 Å². The molecule has 0 bridgehead atoms. The lowest BCUT2D eigenvalue weighted by molar-refractivity contribution is 0.455. The van der Waals surface area contributed by atoms with Crippen LogP contribution >= 0.6 is 15.9 Å². The number of anilines is 1. The second-order valence-electron chi connectivity index (χ2n) is 5.16. The van der Waals surface area contributed by atoms with Gasteiger partial charge in [0.1, 0.15) is 5.82 Å². The van der Waals surface area contributed by atoms with Gasteiger partial charge in [-0.05, 0) is 53.2 Å². The number of pyridine rings is 1. The van der Waals surface area contributed by atoms with Crippen LogP contribution in [0.25, 0.3) is 0 Å². The summed E-state index contributed by atoms with van der Waals surface area (Å²) >= 11 is 3.62. The average Bonchev–Trinajstić information content (AvgIpc) is 2.51. The first kappa shape index (κ1) is 12.9. The molecule has 1 saturated carbocycles. The van der Waals surface area contributed by atoms with Crippen molar-refractivity contribution in [1.82, 2.24) is 4.98 Å². The van der Waals surface area contributed by atoms with E-state index < -0.39 is 0 Å². The summed E-state index contributed by atoms with van der Waals surface area (Å²) in [5, 5.41) is 3.62. The zero-order valence-electron chi connectivity index (χ0n) is 10.7. The Morgan fingerprint density at radius 3 is 2.88 bits per heavy atom. The fourth-order valence-electron chi connectivity index (χ4n) is 2.52. The molecular weight excluding hydrogens is 276 g/mol. The normalized spacial score (nSPS) is 25.4. The predicted molar refractivity (Wildman–Crippen MR) is 76.3 cm³/mol. The Labute approximate surface area is 112 Å². The van der Waals surface area contributed by atoms with Crippen LogP contribution in [0.4, 0.5) is 5.82 Å². The van der Waals surface area contributed by atoms with Gasteiger partial charge in [-0.15, -0.1) is 0 Å². The Balaban J connectivity index is 2.10. The van der Waals surface area contributed by atoms with Crippen LogP contribution < -0.4 is 5.32 Å². The number of halogens is 1. The second-order valence-corrected chi connectivity index (χ2v) is 5.95. The van der Waals surface area contributed by atoms with Crippen molar-refractivity contribution in [2.45, 2.75) is 52.0 Å². The van der Waals surface area contributed by atoms with Crippen molar-refractivity contribution in [3.8, 4) is 0 Å².